The van der Waals surface area contributed by atoms with Gasteiger partial charge in [0, 0.05) is 17.2 Å². The Morgan fingerprint density at radius 3 is 2.45 bits per heavy atom. The molecule has 106 valence electrons. The van der Waals surface area contributed by atoms with Crippen LogP contribution in [0.4, 0.5) is 10.1 Å². The molecule has 6 heteroatoms. The van der Waals surface area contributed by atoms with Gasteiger partial charge in [0.25, 0.3) is 5.91 Å². The summed E-state index contributed by atoms with van der Waals surface area (Å²) in [6.07, 6.45) is 2.13. The van der Waals surface area contributed by atoms with Gasteiger partial charge in [-0.15, -0.1) is 0 Å². The Hall–Kier alpha value is -2.37. The zero-order valence-electron chi connectivity index (χ0n) is 10.6. The maximum absolute atomic E-state index is 13.5. The third-order valence-electron chi connectivity index (χ3n) is 3.20. The number of rotatable bonds is 3. The van der Waals surface area contributed by atoms with E-state index in [4.69, 9.17) is 5.11 Å². The highest BCUT2D eigenvalue weighted by molar-refractivity contribution is 6.08. The normalized spacial score (nSPS) is 15.1. The first-order chi connectivity index (χ1) is 9.49. The molecule has 5 nitrogen and oxygen atoms in total. The molecule has 0 saturated heterocycles. The van der Waals surface area contributed by atoms with E-state index >= 15 is 0 Å². The smallest absolute Gasteiger partial charge is 0.332 e. The van der Waals surface area contributed by atoms with Crippen LogP contribution in [0.2, 0.25) is 0 Å². The van der Waals surface area contributed by atoms with E-state index in [0.29, 0.717) is 12.8 Å². The summed E-state index contributed by atoms with van der Waals surface area (Å²) in [7, 11) is 0. The van der Waals surface area contributed by atoms with Gasteiger partial charge in [0.2, 0.25) is 0 Å². The van der Waals surface area contributed by atoms with Crippen LogP contribution in [0.3, 0.4) is 0 Å². The summed E-state index contributed by atoms with van der Waals surface area (Å²) in [5, 5.41) is 20.7. The lowest BCUT2D eigenvalue weighted by molar-refractivity contribution is -0.133. The largest absolute Gasteiger partial charge is 0.508 e. The summed E-state index contributed by atoms with van der Waals surface area (Å²) in [6, 6.07) is 3.27. The van der Waals surface area contributed by atoms with Crippen molar-refractivity contribution >= 4 is 17.6 Å². The second kappa shape index (κ2) is 5.73. The fourth-order valence-corrected chi connectivity index (χ4v) is 2.20. The van der Waals surface area contributed by atoms with E-state index in [2.05, 4.69) is 5.32 Å². The Bertz CT molecular complexity index is 595. The molecule has 1 aromatic carbocycles. The van der Waals surface area contributed by atoms with Crippen LogP contribution in [0.15, 0.2) is 29.3 Å². The van der Waals surface area contributed by atoms with Gasteiger partial charge in [0.05, 0.1) is 5.69 Å². The topological polar surface area (TPSA) is 86.6 Å². The number of aromatic hydroxyl groups is 1. The first-order valence-corrected chi connectivity index (χ1v) is 6.24. The van der Waals surface area contributed by atoms with Crippen molar-refractivity contribution in [2.75, 3.05) is 5.32 Å². The van der Waals surface area contributed by atoms with E-state index in [0.717, 1.165) is 31.0 Å². The predicted octanol–water partition coefficient (Wildman–Crippen LogP) is 2.43. The fraction of sp³-hybridized carbons (Fsp3) is 0.286. The average molecular weight is 279 g/mol. The van der Waals surface area contributed by atoms with Crippen LogP contribution in [0.1, 0.15) is 25.7 Å². The SMILES string of the molecule is O=C(O)C1=C(C(=O)Nc2cc(O)ccc2F)CCCC1. The molecule has 0 aliphatic heterocycles. The molecule has 0 unspecified atom stereocenters. The maximum atomic E-state index is 13.5. The number of carboxylic acids is 1. The van der Waals surface area contributed by atoms with Crippen LogP contribution < -0.4 is 5.32 Å². The maximum Gasteiger partial charge on any atom is 0.332 e. The minimum atomic E-state index is -1.12. The van der Waals surface area contributed by atoms with E-state index in [-0.39, 0.29) is 22.6 Å². The van der Waals surface area contributed by atoms with E-state index in [9.17, 15) is 19.1 Å². The van der Waals surface area contributed by atoms with Crippen molar-refractivity contribution in [2.45, 2.75) is 25.7 Å². The van der Waals surface area contributed by atoms with E-state index in [1.165, 1.54) is 0 Å². The van der Waals surface area contributed by atoms with Crippen LogP contribution in [0.25, 0.3) is 0 Å². The Kier molecular flexibility index (Phi) is 4.02. The van der Waals surface area contributed by atoms with Gasteiger partial charge >= 0.3 is 5.97 Å². The Morgan fingerprint density at radius 2 is 1.80 bits per heavy atom. The lowest BCUT2D eigenvalue weighted by atomic mass is 9.91. The number of hydrogen-bond acceptors (Lipinski definition) is 3. The van der Waals surface area contributed by atoms with Crippen LogP contribution in [-0.4, -0.2) is 22.1 Å². The predicted molar refractivity (Wildman–Crippen MR) is 69.8 cm³/mol. The van der Waals surface area contributed by atoms with Crippen LogP contribution in [-0.2, 0) is 9.59 Å². The zero-order valence-corrected chi connectivity index (χ0v) is 10.6. The van der Waals surface area contributed by atoms with Crippen molar-refractivity contribution in [1.82, 2.24) is 0 Å². The number of amides is 1. The molecule has 0 saturated carbocycles. The number of hydrogen-bond donors (Lipinski definition) is 3. The fourth-order valence-electron chi connectivity index (χ4n) is 2.20. The Morgan fingerprint density at radius 1 is 1.15 bits per heavy atom. The number of benzene rings is 1. The van der Waals surface area contributed by atoms with Crippen LogP contribution in [0.5, 0.6) is 5.75 Å². The molecule has 0 bridgehead atoms. The van der Waals surface area contributed by atoms with Gasteiger partial charge in [-0.05, 0) is 37.8 Å². The summed E-state index contributed by atoms with van der Waals surface area (Å²) in [5.41, 5.74) is 0.0821. The molecule has 20 heavy (non-hydrogen) atoms. The van der Waals surface area contributed by atoms with Crippen molar-refractivity contribution in [3.63, 3.8) is 0 Å². The van der Waals surface area contributed by atoms with E-state index in [1.54, 1.807) is 0 Å². The van der Waals surface area contributed by atoms with Crippen molar-refractivity contribution in [2.24, 2.45) is 0 Å². The number of phenols is 1. The molecule has 0 spiro atoms. The van der Waals surface area contributed by atoms with Crippen LogP contribution in [0, 0.1) is 5.82 Å². The van der Waals surface area contributed by atoms with Gasteiger partial charge in [0.15, 0.2) is 0 Å². The molecule has 1 aromatic rings. The first kappa shape index (κ1) is 14.0. The lowest BCUT2D eigenvalue weighted by Crippen LogP contribution is -2.21. The molecule has 0 atom stereocenters. The number of anilines is 1. The van der Waals surface area contributed by atoms with E-state index in [1.807, 2.05) is 0 Å². The summed E-state index contributed by atoms with van der Waals surface area (Å²) in [4.78, 5) is 23.2. The third kappa shape index (κ3) is 2.96. The molecule has 0 radical (unpaired) electrons. The zero-order chi connectivity index (χ0) is 14.7. The van der Waals surface area contributed by atoms with Gasteiger partial charge in [-0.2, -0.15) is 0 Å². The van der Waals surface area contributed by atoms with Crippen molar-refractivity contribution in [1.29, 1.82) is 0 Å². The molecule has 2 rings (SSSR count). The lowest BCUT2D eigenvalue weighted by Gasteiger charge is -2.17. The molecule has 1 aliphatic carbocycles. The molecule has 0 aromatic heterocycles. The number of carbonyl (C=O) groups is 2. The highest BCUT2D eigenvalue weighted by atomic mass is 19.1. The average Bonchev–Trinajstić information content (AvgIpc) is 2.42. The molecular weight excluding hydrogens is 265 g/mol. The number of aliphatic carboxylic acids is 1. The van der Waals surface area contributed by atoms with Crippen molar-refractivity contribution in [3.8, 4) is 5.75 Å². The standard InChI is InChI=1S/C14H14FNO4/c15-11-6-5-8(17)7-12(11)16-13(18)9-3-1-2-4-10(9)14(19)20/h5-7,17H,1-4H2,(H,16,18)(H,19,20). The van der Waals surface area contributed by atoms with Gasteiger partial charge in [0.1, 0.15) is 11.6 Å². The molecule has 1 amide bonds. The quantitative estimate of drug-likeness (QED) is 0.793. The first-order valence-electron chi connectivity index (χ1n) is 6.24. The summed E-state index contributed by atoms with van der Waals surface area (Å²) in [6.45, 7) is 0. The minimum absolute atomic E-state index is 0.0781. The second-order valence-corrected chi connectivity index (χ2v) is 4.59. The molecular formula is C14H14FNO4. The second-order valence-electron chi connectivity index (χ2n) is 4.59. The summed E-state index contributed by atoms with van der Waals surface area (Å²) >= 11 is 0. The monoisotopic (exact) mass is 279 g/mol. The Labute approximate surface area is 114 Å². The number of halogens is 1. The van der Waals surface area contributed by atoms with Crippen LogP contribution >= 0.6 is 0 Å². The third-order valence-corrected chi connectivity index (χ3v) is 3.20. The van der Waals surface area contributed by atoms with Crippen molar-refractivity contribution in [3.05, 3.63) is 35.2 Å². The number of carboxylic acid groups (broad SMARTS) is 1. The van der Waals surface area contributed by atoms with Gasteiger partial charge < -0.3 is 15.5 Å². The van der Waals surface area contributed by atoms with Crippen molar-refractivity contribution < 1.29 is 24.2 Å². The van der Waals surface area contributed by atoms with Gasteiger partial charge in [-0.3, -0.25) is 4.79 Å². The number of phenolic OH excluding ortho intramolecular Hbond substituents is 1. The highest BCUT2D eigenvalue weighted by Gasteiger charge is 2.24. The van der Waals surface area contributed by atoms with E-state index < -0.39 is 17.7 Å². The number of carbonyl (C=O) groups excluding carboxylic acids is 1. The molecule has 3 N–H and O–H groups in total. The van der Waals surface area contributed by atoms with Gasteiger partial charge in [-0.25, -0.2) is 9.18 Å². The Balaban J connectivity index is 2.27. The minimum Gasteiger partial charge on any atom is -0.508 e. The highest BCUT2D eigenvalue weighted by Crippen LogP contribution is 2.27. The summed E-state index contributed by atoms with van der Waals surface area (Å²) < 4.78 is 13.5. The summed E-state index contributed by atoms with van der Waals surface area (Å²) in [5.74, 6) is -2.62. The van der Waals surface area contributed by atoms with Gasteiger partial charge in [-0.1, -0.05) is 0 Å². The molecule has 1 aliphatic rings. The molecule has 0 heterocycles. The number of nitrogens with one attached hydrogen (secondary N) is 1. The molecule has 0 fully saturated rings.